The molecule has 0 unspecified atom stereocenters. The molecule has 0 aliphatic carbocycles. The summed E-state index contributed by atoms with van der Waals surface area (Å²) in [5.41, 5.74) is 0.234. The summed E-state index contributed by atoms with van der Waals surface area (Å²) in [6.07, 6.45) is 1.50. The van der Waals surface area contributed by atoms with Crippen LogP contribution in [0.15, 0.2) is 28.0 Å². The van der Waals surface area contributed by atoms with Gasteiger partial charge in [-0.05, 0) is 28.1 Å². The first kappa shape index (κ1) is 13.7. The molecule has 0 aromatic carbocycles. The van der Waals surface area contributed by atoms with Crippen molar-refractivity contribution in [3.8, 4) is 5.88 Å². The normalized spacial score (nSPS) is 11.3. The number of hydrogen-bond acceptors (Lipinski definition) is 6. The molecule has 8 nitrogen and oxygen atoms in total. The number of nitrogens with zero attached hydrogens (tertiary/aromatic N) is 4. The van der Waals surface area contributed by atoms with E-state index in [1.807, 2.05) is 0 Å². The Hall–Kier alpha value is -1.68. The highest BCUT2D eigenvalue weighted by molar-refractivity contribution is 9.10. The number of aryl methyl sites for hydroxylation is 1. The number of sulfonamides is 1. The second-order valence-corrected chi connectivity index (χ2v) is 5.82. The van der Waals surface area contributed by atoms with Crippen LogP contribution in [-0.4, -0.2) is 35.5 Å². The first-order chi connectivity index (χ1) is 8.95. The van der Waals surface area contributed by atoms with Gasteiger partial charge in [0.15, 0.2) is 4.60 Å². The van der Waals surface area contributed by atoms with E-state index in [0.29, 0.717) is 0 Å². The first-order valence-electron chi connectivity index (χ1n) is 5.02. The Labute approximate surface area is 118 Å². The maximum absolute atomic E-state index is 12.2. The third-order valence-electron chi connectivity index (χ3n) is 2.20. The van der Waals surface area contributed by atoms with Gasteiger partial charge in [0.2, 0.25) is 10.9 Å². The minimum absolute atomic E-state index is 0.0848. The number of anilines is 1. The van der Waals surface area contributed by atoms with E-state index in [1.54, 1.807) is 12.1 Å². The lowest BCUT2D eigenvalue weighted by Crippen LogP contribution is -2.17. The van der Waals surface area contributed by atoms with Gasteiger partial charge in [0, 0.05) is 13.2 Å². The van der Waals surface area contributed by atoms with Gasteiger partial charge in [-0.1, -0.05) is 5.21 Å². The van der Waals surface area contributed by atoms with Crippen LogP contribution in [0.1, 0.15) is 0 Å². The van der Waals surface area contributed by atoms with E-state index in [1.165, 1.54) is 20.4 Å². The van der Waals surface area contributed by atoms with Gasteiger partial charge in [0.05, 0.1) is 7.11 Å². The molecular formula is C9H10BrN5O3S. The maximum atomic E-state index is 12.2. The number of hydrogen-bond donors (Lipinski definition) is 1. The predicted octanol–water partition coefficient (Wildman–Crippen LogP) is 0.782. The average Bonchev–Trinajstić information content (AvgIpc) is 2.70. The van der Waals surface area contributed by atoms with Crippen LogP contribution in [0.4, 0.5) is 5.69 Å². The number of rotatable bonds is 4. The van der Waals surface area contributed by atoms with E-state index in [2.05, 4.69) is 35.9 Å². The lowest BCUT2D eigenvalue weighted by atomic mass is 10.4. The van der Waals surface area contributed by atoms with Crippen molar-refractivity contribution >= 4 is 31.6 Å². The van der Waals surface area contributed by atoms with Crippen LogP contribution in [0.25, 0.3) is 0 Å². The minimum atomic E-state index is -3.84. The van der Waals surface area contributed by atoms with Gasteiger partial charge in [-0.25, -0.2) is 9.67 Å². The Balaban J connectivity index is 2.43. The topological polar surface area (TPSA) is 99.0 Å². The fourth-order valence-corrected chi connectivity index (χ4v) is 3.59. The van der Waals surface area contributed by atoms with Crippen LogP contribution in [0, 0.1) is 0 Å². The number of pyridine rings is 1. The number of ether oxygens (including phenoxy) is 1. The molecule has 0 aliphatic heterocycles. The molecule has 0 spiro atoms. The molecule has 2 heterocycles. The van der Waals surface area contributed by atoms with E-state index in [-0.39, 0.29) is 21.2 Å². The fraction of sp³-hybridized carbons (Fsp3) is 0.222. The molecule has 0 atom stereocenters. The second-order valence-electron chi connectivity index (χ2n) is 3.47. The first-order valence-corrected chi connectivity index (χ1v) is 7.30. The summed E-state index contributed by atoms with van der Waals surface area (Å²) in [5, 5.41) is 7.17. The zero-order valence-corrected chi connectivity index (χ0v) is 12.4. The summed E-state index contributed by atoms with van der Waals surface area (Å²) in [5.74, 6) is 0.178. The summed E-state index contributed by atoms with van der Waals surface area (Å²) < 4.78 is 33.1. The quantitative estimate of drug-likeness (QED) is 0.877. The molecule has 0 amide bonds. The Bertz CT molecular complexity index is 680. The third kappa shape index (κ3) is 2.68. The van der Waals surface area contributed by atoms with Gasteiger partial charge in [0.1, 0.15) is 5.69 Å². The summed E-state index contributed by atoms with van der Waals surface area (Å²) in [6, 6.07) is 3.14. The van der Waals surface area contributed by atoms with Crippen molar-refractivity contribution in [1.82, 2.24) is 20.0 Å². The Morgan fingerprint density at radius 3 is 2.79 bits per heavy atom. The van der Waals surface area contributed by atoms with Crippen LogP contribution in [0.2, 0.25) is 0 Å². The minimum Gasteiger partial charge on any atom is -0.480 e. The van der Waals surface area contributed by atoms with Gasteiger partial charge in [0.25, 0.3) is 10.0 Å². The smallest absolute Gasteiger partial charge is 0.282 e. The van der Waals surface area contributed by atoms with Crippen LogP contribution in [0.5, 0.6) is 5.88 Å². The zero-order valence-electron chi connectivity index (χ0n) is 10.0. The van der Waals surface area contributed by atoms with Gasteiger partial charge in [-0.15, -0.1) is 5.10 Å². The predicted molar refractivity (Wildman–Crippen MR) is 70.3 cm³/mol. The highest BCUT2D eigenvalue weighted by Gasteiger charge is 2.25. The van der Waals surface area contributed by atoms with Crippen molar-refractivity contribution in [2.24, 2.45) is 7.05 Å². The average molecular weight is 348 g/mol. The van der Waals surface area contributed by atoms with E-state index >= 15 is 0 Å². The van der Waals surface area contributed by atoms with Crippen molar-refractivity contribution in [2.75, 3.05) is 11.8 Å². The molecule has 102 valence electrons. The molecule has 2 aromatic heterocycles. The molecule has 19 heavy (non-hydrogen) atoms. The standard InChI is InChI=1S/C9H10BrN5O3S/c1-15-9(7(10)12-14-15)19(16,17)13-6-4-3-5-11-8(6)18-2/h3-5,13H,1-2H3. The molecule has 2 aromatic rings. The van der Waals surface area contributed by atoms with Crippen molar-refractivity contribution in [2.45, 2.75) is 5.03 Å². The van der Waals surface area contributed by atoms with Crippen molar-refractivity contribution in [3.63, 3.8) is 0 Å². The number of halogens is 1. The summed E-state index contributed by atoms with van der Waals surface area (Å²) >= 11 is 3.04. The SMILES string of the molecule is COc1ncccc1NS(=O)(=O)c1c(Br)nnn1C. The van der Waals surface area contributed by atoms with Gasteiger partial charge in [-0.2, -0.15) is 8.42 Å². The van der Waals surface area contributed by atoms with Crippen molar-refractivity contribution in [1.29, 1.82) is 0 Å². The van der Waals surface area contributed by atoms with Gasteiger partial charge < -0.3 is 4.74 Å². The summed E-state index contributed by atoms with van der Waals surface area (Å²) in [6.45, 7) is 0. The fourth-order valence-electron chi connectivity index (χ4n) is 1.43. The number of nitrogens with one attached hydrogen (secondary N) is 1. The molecule has 0 bridgehead atoms. The molecule has 0 aliphatic rings. The molecule has 1 N–H and O–H groups in total. The van der Waals surface area contributed by atoms with Gasteiger partial charge in [-0.3, -0.25) is 4.72 Å². The lowest BCUT2D eigenvalue weighted by molar-refractivity contribution is 0.400. The van der Waals surface area contributed by atoms with E-state index < -0.39 is 10.0 Å². The Kier molecular flexibility index (Phi) is 3.71. The van der Waals surface area contributed by atoms with E-state index in [4.69, 9.17) is 4.74 Å². The molecule has 2 rings (SSSR count). The number of methoxy groups -OCH3 is 1. The van der Waals surface area contributed by atoms with Crippen LogP contribution >= 0.6 is 15.9 Å². The van der Waals surface area contributed by atoms with Crippen molar-refractivity contribution < 1.29 is 13.2 Å². The molecule has 0 saturated heterocycles. The molecule has 10 heteroatoms. The largest absolute Gasteiger partial charge is 0.480 e. The van der Waals surface area contributed by atoms with Crippen molar-refractivity contribution in [3.05, 3.63) is 22.9 Å². The van der Waals surface area contributed by atoms with Gasteiger partial charge >= 0.3 is 0 Å². The zero-order chi connectivity index (χ0) is 14.0. The monoisotopic (exact) mass is 347 g/mol. The molecule has 0 fully saturated rings. The Morgan fingerprint density at radius 1 is 1.47 bits per heavy atom. The highest BCUT2D eigenvalue weighted by atomic mass is 79.9. The molecule has 0 radical (unpaired) electrons. The molecular weight excluding hydrogens is 338 g/mol. The Morgan fingerprint density at radius 2 is 2.21 bits per heavy atom. The van der Waals surface area contributed by atoms with E-state index in [0.717, 1.165) is 4.68 Å². The summed E-state index contributed by atoms with van der Waals surface area (Å²) in [4.78, 5) is 3.91. The number of aromatic nitrogens is 4. The van der Waals surface area contributed by atoms with Crippen LogP contribution < -0.4 is 9.46 Å². The molecule has 0 saturated carbocycles. The summed E-state index contributed by atoms with van der Waals surface area (Å²) in [7, 11) is -0.959. The second kappa shape index (κ2) is 5.13. The van der Waals surface area contributed by atoms with Crippen LogP contribution in [0.3, 0.4) is 0 Å². The highest BCUT2D eigenvalue weighted by Crippen LogP contribution is 2.25. The van der Waals surface area contributed by atoms with E-state index in [9.17, 15) is 8.42 Å². The lowest BCUT2D eigenvalue weighted by Gasteiger charge is -2.10. The maximum Gasteiger partial charge on any atom is 0.282 e. The third-order valence-corrected chi connectivity index (χ3v) is 4.45. The van der Waals surface area contributed by atoms with Crippen LogP contribution in [-0.2, 0) is 17.1 Å².